The molecule has 2 aromatic rings. The number of hydrogen-bond donors (Lipinski definition) is 3. The predicted octanol–water partition coefficient (Wildman–Crippen LogP) is 0.995. The van der Waals surface area contributed by atoms with Gasteiger partial charge in [-0.15, -0.1) is 0 Å². The minimum absolute atomic E-state index is 0.0219. The number of Topliss-reactive ketones (excluding diaryl/α,β-unsaturated/α-hetero) is 1. The molecule has 1 amide bonds. The third-order valence-electron chi connectivity index (χ3n) is 5.26. The summed E-state index contributed by atoms with van der Waals surface area (Å²) in [5.41, 5.74) is 1.74. The van der Waals surface area contributed by atoms with Crippen molar-refractivity contribution in [1.82, 2.24) is 15.5 Å². The van der Waals surface area contributed by atoms with Crippen molar-refractivity contribution in [3.8, 4) is 6.07 Å². The zero-order chi connectivity index (χ0) is 26.0. The number of aliphatic imine (C=N–C) groups is 1. The fourth-order valence-electron chi connectivity index (χ4n) is 3.49. The maximum atomic E-state index is 12.4. The van der Waals surface area contributed by atoms with Crippen LogP contribution >= 0.6 is 0 Å². The first-order valence-electron chi connectivity index (χ1n) is 11.2. The molecule has 0 bridgehead atoms. The van der Waals surface area contributed by atoms with E-state index in [1.807, 2.05) is 18.2 Å². The van der Waals surface area contributed by atoms with E-state index in [1.165, 1.54) is 17.0 Å². The van der Waals surface area contributed by atoms with Gasteiger partial charge in [-0.05, 0) is 17.7 Å². The number of carbonyl (C=O) groups excluding carboxylic acids is 1. The smallest absolute Gasteiger partial charge is 0.413 e. The minimum atomic E-state index is -3.66. The van der Waals surface area contributed by atoms with Gasteiger partial charge < -0.3 is 20.5 Å². The van der Waals surface area contributed by atoms with Gasteiger partial charge >= 0.3 is 6.09 Å². The molecule has 1 aliphatic heterocycles. The molecule has 0 spiro atoms. The zero-order valence-electron chi connectivity index (χ0n) is 19.5. The fraction of sp³-hybridized carbons (Fsp3) is 0.333. The second-order valence-electron chi connectivity index (χ2n) is 7.90. The van der Waals surface area contributed by atoms with E-state index in [1.54, 1.807) is 24.3 Å². The van der Waals surface area contributed by atoms with E-state index >= 15 is 0 Å². The van der Waals surface area contributed by atoms with Gasteiger partial charge in [0.15, 0.2) is 15.6 Å². The standard InChI is InChI=1S/C24H27N5O6S/c25-13-20-3-1-2-4-22(20)36(33,34)17-26-10-12-35-16-21(30)15-27-14-18-5-7-19(8-6-18)23-28-9-11-29(23)24(31)32/h1-8,26-27H,9-12,14-17H2,(H,31,32). The highest BCUT2D eigenvalue weighted by atomic mass is 32.2. The van der Waals surface area contributed by atoms with Gasteiger partial charge in [0.25, 0.3) is 0 Å². The number of carbonyl (C=O) groups is 2. The van der Waals surface area contributed by atoms with Gasteiger partial charge in [-0.2, -0.15) is 5.26 Å². The number of nitrogens with zero attached hydrogens (tertiary/aromatic N) is 3. The second kappa shape index (κ2) is 12.9. The Hall–Kier alpha value is -3.63. The van der Waals surface area contributed by atoms with E-state index in [4.69, 9.17) is 10.00 Å². The lowest BCUT2D eigenvalue weighted by Crippen LogP contribution is -2.33. The van der Waals surface area contributed by atoms with Crippen LogP contribution in [0.3, 0.4) is 0 Å². The summed E-state index contributed by atoms with van der Waals surface area (Å²) in [6.45, 7) is 1.62. The Balaban J connectivity index is 1.30. The predicted molar refractivity (Wildman–Crippen MR) is 131 cm³/mol. The van der Waals surface area contributed by atoms with Crippen molar-refractivity contribution < 1.29 is 27.9 Å². The van der Waals surface area contributed by atoms with Gasteiger partial charge in [-0.25, -0.2) is 13.2 Å². The maximum Gasteiger partial charge on any atom is 0.413 e. The van der Waals surface area contributed by atoms with Crippen LogP contribution in [-0.2, 0) is 25.9 Å². The van der Waals surface area contributed by atoms with Crippen molar-refractivity contribution in [3.63, 3.8) is 0 Å². The van der Waals surface area contributed by atoms with E-state index in [2.05, 4.69) is 15.6 Å². The first-order chi connectivity index (χ1) is 17.3. The van der Waals surface area contributed by atoms with Gasteiger partial charge in [0, 0.05) is 18.7 Å². The largest absolute Gasteiger partial charge is 0.465 e. The van der Waals surface area contributed by atoms with Crippen molar-refractivity contribution >= 4 is 27.5 Å². The molecule has 0 atom stereocenters. The summed E-state index contributed by atoms with van der Waals surface area (Å²) >= 11 is 0. The first kappa shape index (κ1) is 27.0. The molecule has 11 nitrogen and oxygen atoms in total. The third kappa shape index (κ3) is 7.43. The second-order valence-corrected chi connectivity index (χ2v) is 9.86. The molecule has 0 aliphatic carbocycles. The molecule has 1 aliphatic rings. The molecule has 0 saturated carbocycles. The van der Waals surface area contributed by atoms with Crippen molar-refractivity contribution in [2.24, 2.45) is 4.99 Å². The first-order valence-corrected chi connectivity index (χ1v) is 12.8. The Labute approximate surface area is 209 Å². The molecule has 12 heteroatoms. The molecule has 0 saturated heterocycles. The summed E-state index contributed by atoms with van der Waals surface area (Å²) in [6, 6.07) is 15.2. The molecule has 0 radical (unpaired) electrons. The van der Waals surface area contributed by atoms with Crippen molar-refractivity contribution in [1.29, 1.82) is 5.26 Å². The SMILES string of the molecule is N#Cc1ccccc1S(=O)(=O)CNCCOCC(=O)CNCc1ccc(C2=NCCN2C(=O)O)cc1. The van der Waals surface area contributed by atoms with Gasteiger partial charge in [0.2, 0.25) is 0 Å². The van der Waals surface area contributed by atoms with Crippen LogP contribution in [0, 0.1) is 11.3 Å². The number of benzene rings is 2. The lowest BCUT2D eigenvalue weighted by molar-refractivity contribution is -0.122. The van der Waals surface area contributed by atoms with E-state index in [0.717, 1.165) is 11.1 Å². The normalized spacial score (nSPS) is 13.3. The van der Waals surface area contributed by atoms with Crippen LogP contribution in [-0.4, -0.2) is 81.4 Å². The van der Waals surface area contributed by atoms with Crippen LogP contribution in [0.25, 0.3) is 0 Å². The Morgan fingerprint density at radius 1 is 1.14 bits per heavy atom. The Kier molecular flexibility index (Phi) is 9.66. The van der Waals surface area contributed by atoms with Crippen LogP contribution in [0.15, 0.2) is 58.4 Å². The van der Waals surface area contributed by atoms with E-state index in [-0.39, 0.29) is 48.4 Å². The minimum Gasteiger partial charge on any atom is -0.465 e. The number of carboxylic acid groups (broad SMARTS) is 1. The molecule has 1 heterocycles. The molecule has 3 rings (SSSR count). The quantitative estimate of drug-likeness (QED) is 0.332. The number of amides is 1. The van der Waals surface area contributed by atoms with E-state index in [9.17, 15) is 23.1 Å². The highest BCUT2D eigenvalue weighted by Crippen LogP contribution is 2.15. The molecular formula is C24H27N5O6S. The number of ketones is 1. The number of rotatable bonds is 13. The van der Waals surface area contributed by atoms with Crippen molar-refractivity contribution in [3.05, 3.63) is 65.2 Å². The molecule has 190 valence electrons. The van der Waals surface area contributed by atoms with Crippen LogP contribution < -0.4 is 10.6 Å². The summed E-state index contributed by atoms with van der Waals surface area (Å²) in [6.07, 6.45) is -1.03. The number of amidine groups is 1. The lowest BCUT2D eigenvalue weighted by Gasteiger charge is -2.14. The number of ether oxygens (including phenoxy) is 1. The Bertz CT molecular complexity index is 1250. The molecule has 2 aromatic carbocycles. The summed E-state index contributed by atoms with van der Waals surface area (Å²) < 4.78 is 30.0. The average molecular weight is 514 g/mol. The topological polar surface area (TPSA) is 161 Å². The number of sulfone groups is 1. The molecule has 0 unspecified atom stereocenters. The molecule has 3 N–H and O–H groups in total. The van der Waals surface area contributed by atoms with E-state index in [0.29, 0.717) is 25.5 Å². The van der Waals surface area contributed by atoms with Crippen LogP contribution in [0.4, 0.5) is 4.79 Å². The average Bonchev–Trinajstić information content (AvgIpc) is 3.37. The monoisotopic (exact) mass is 513 g/mol. The van der Waals surface area contributed by atoms with Crippen LogP contribution in [0.2, 0.25) is 0 Å². The highest BCUT2D eigenvalue weighted by Gasteiger charge is 2.24. The fourth-order valence-corrected chi connectivity index (χ4v) is 4.80. The molecule has 0 fully saturated rings. The zero-order valence-corrected chi connectivity index (χ0v) is 20.3. The highest BCUT2D eigenvalue weighted by molar-refractivity contribution is 7.91. The summed E-state index contributed by atoms with van der Waals surface area (Å²) in [4.78, 5) is 28.7. The maximum absolute atomic E-state index is 12.4. The van der Waals surface area contributed by atoms with Gasteiger partial charge in [0.05, 0.1) is 36.7 Å². The summed E-state index contributed by atoms with van der Waals surface area (Å²) in [7, 11) is -3.66. The van der Waals surface area contributed by atoms with E-state index < -0.39 is 15.9 Å². The molecule has 0 aromatic heterocycles. The van der Waals surface area contributed by atoms with Crippen LogP contribution in [0.1, 0.15) is 16.7 Å². The van der Waals surface area contributed by atoms with Gasteiger partial charge in [-0.3, -0.25) is 14.7 Å². The number of hydrogen-bond acceptors (Lipinski definition) is 9. The molecule has 36 heavy (non-hydrogen) atoms. The van der Waals surface area contributed by atoms with Crippen molar-refractivity contribution in [2.75, 3.05) is 45.3 Å². The summed E-state index contributed by atoms with van der Waals surface area (Å²) in [5, 5.41) is 24.1. The Morgan fingerprint density at radius 2 is 1.89 bits per heavy atom. The Morgan fingerprint density at radius 3 is 2.61 bits per heavy atom. The van der Waals surface area contributed by atoms with Gasteiger partial charge in [-0.1, -0.05) is 36.4 Å². The lowest BCUT2D eigenvalue weighted by atomic mass is 10.1. The van der Waals surface area contributed by atoms with Crippen molar-refractivity contribution in [2.45, 2.75) is 11.4 Å². The van der Waals surface area contributed by atoms with Crippen LogP contribution in [0.5, 0.6) is 0 Å². The number of nitrogens with one attached hydrogen (secondary N) is 2. The molecular weight excluding hydrogens is 486 g/mol. The summed E-state index contributed by atoms with van der Waals surface area (Å²) in [5.74, 6) is -0.0570. The third-order valence-corrected chi connectivity index (χ3v) is 6.87. The van der Waals surface area contributed by atoms with Gasteiger partial charge in [0.1, 0.15) is 24.4 Å². The number of nitriles is 1.